The third kappa shape index (κ3) is 0.579. The predicted octanol–water partition coefficient (Wildman–Crippen LogP) is 1.25. The second-order valence-corrected chi connectivity index (χ2v) is 5.42. The van der Waals surface area contributed by atoms with E-state index in [0.717, 1.165) is 23.7 Å². The summed E-state index contributed by atoms with van der Waals surface area (Å²) in [6.45, 7) is 0. The lowest BCUT2D eigenvalue weighted by Gasteiger charge is -2.53. The average molecular weight is 164 g/mol. The van der Waals surface area contributed by atoms with E-state index in [4.69, 9.17) is 0 Å². The standard InChI is InChI=1S/C10H16N2/c1-6-2-8-4-7(1)5-9(3-6)10(8)11-12-10/h6-9,11-12H,1-5H2. The van der Waals surface area contributed by atoms with Crippen molar-refractivity contribution in [3.05, 3.63) is 0 Å². The van der Waals surface area contributed by atoms with Gasteiger partial charge >= 0.3 is 0 Å². The summed E-state index contributed by atoms with van der Waals surface area (Å²) in [6, 6.07) is 0. The van der Waals surface area contributed by atoms with Gasteiger partial charge in [0, 0.05) is 0 Å². The Balaban J connectivity index is 1.78. The van der Waals surface area contributed by atoms with E-state index >= 15 is 0 Å². The maximum absolute atomic E-state index is 3.44. The molecular weight excluding hydrogens is 148 g/mol. The number of hydrogen-bond donors (Lipinski definition) is 2. The highest BCUT2D eigenvalue weighted by Gasteiger charge is 2.63. The Morgan fingerprint density at radius 1 is 0.750 bits per heavy atom. The van der Waals surface area contributed by atoms with Crippen LogP contribution in [0.15, 0.2) is 0 Å². The van der Waals surface area contributed by atoms with Crippen LogP contribution in [-0.2, 0) is 0 Å². The molecule has 0 amide bonds. The molecule has 66 valence electrons. The summed E-state index contributed by atoms with van der Waals surface area (Å²) in [7, 11) is 0. The number of hydrogen-bond acceptors (Lipinski definition) is 2. The molecule has 1 aliphatic heterocycles. The van der Waals surface area contributed by atoms with E-state index in [1.165, 1.54) is 25.7 Å². The maximum Gasteiger partial charge on any atom is 0.0999 e. The van der Waals surface area contributed by atoms with Crippen molar-refractivity contribution >= 4 is 0 Å². The summed E-state index contributed by atoms with van der Waals surface area (Å²) in [5.74, 6) is 4.16. The molecule has 5 rings (SSSR count). The molecule has 0 aromatic carbocycles. The molecule has 1 heterocycles. The Hall–Kier alpha value is -0.0800. The van der Waals surface area contributed by atoms with Gasteiger partial charge in [-0.1, -0.05) is 0 Å². The molecule has 4 saturated carbocycles. The molecule has 4 aliphatic carbocycles. The zero-order valence-corrected chi connectivity index (χ0v) is 7.34. The highest BCUT2D eigenvalue weighted by molar-refractivity contribution is 5.14. The SMILES string of the molecule is C1C2CC3CC1CC(C2)C31NN1. The first-order valence-corrected chi connectivity index (χ1v) is 5.41. The number of nitrogens with one attached hydrogen (secondary N) is 2. The maximum atomic E-state index is 3.44. The molecule has 2 nitrogen and oxygen atoms in total. The van der Waals surface area contributed by atoms with Crippen molar-refractivity contribution in [2.45, 2.75) is 37.8 Å². The molecule has 12 heavy (non-hydrogen) atoms. The van der Waals surface area contributed by atoms with Crippen molar-refractivity contribution in [1.82, 2.24) is 10.9 Å². The minimum Gasteiger partial charge on any atom is -0.234 e. The average Bonchev–Trinajstić information content (AvgIpc) is 2.79. The van der Waals surface area contributed by atoms with Gasteiger partial charge in [-0.25, -0.2) is 10.9 Å². The van der Waals surface area contributed by atoms with Crippen LogP contribution in [0.5, 0.6) is 0 Å². The van der Waals surface area contributed by atoms with E-state index in [2.05, 4.69) is 10.9 Å². The Labute approximate surface area is 73.1 Å². The minimum atomic E-state index is 0.452. The molecule has 0 aromatic heterocycles. The van der Waals surface area contributed by atoms with Crippen LogP contribution >= 0.6 is 0 Å². The quantitative estimate of drug-likeness (QED) is 0.529. The van der Waals surface area contributed by atoms with Crippen LogP contribution in [0.1, 0.15) is 32.1 Å². The van der Waals surface area contributed by atoms with Gasteiger partial charge in [0.1, 0.15) is 0 Å². The summed E-state index contributed by atoms with van der Waals surface area (Å²) in [4.78, 5) is 0. The van der Waals surface area contributed by atoms with Gasteiger partial charge in [0.2, 0.25) is 0 Å². The zero-order valence-electron chi connectivity index (χ0n) is 7.34. The molecule has 0 atom stereocenters. The largest absolute Gasteiger partial charge is 0.234 e. The molecule has 5 aliphatic rings. The van der Waals surface area contributed by atoms with Crippen molar-refractivity contribution in [2.75, 3.05) is 0 Å². The highest BCUT2D eigenvalue weighted by Crippen LogP contribution is 2.59. The van der Waals surface area contributed by atoms with Crippen LogP contribution in [0.4, 0.5) is 0 Å². The second kappa shape index (κ2) is 1.73. The van der Waals surface area contributed by atoms with Crippen LogP contribution in [-0.4, -0.2) is 5.66 Å². The van der Waals surface area contributed by atoms with Gasteiger partial charge in [0.25, 0.3) is 0 Å². The van der Waals surface area contributed by atoms with Crippen LogP contribution in [0.3, 0.4) is 0 Å². The van der Waals surface area contributed by atoms with Crippen molar-refractivity contribution in [3.8, 4) is 0 Å². The van der Waals surface area contributed by atoms with Crippen LogP contribution in [0.25, 0.3) is 0 Å². The first kappa shape index (κ1) is 6.39. The normalized spacial score (nSPS) is 58.0. The van der Waals surface area contributed by atoms with E-state index in [0.29, 0.717) is 5.66 Å². The predicted molar refractivity (Wildman–Crippen MR) is 46.0 cm³/mol. The molecule has 0 radical (unpaired) electrons. The molecule has 0 unspecified atom stereocenters. The van der Waals surface area contributed by atoms with Gasteiger partial charge in [-0.15, -0.1) is 0 Å². The molecule has 0 aromatic rings. The Morgan fingerprint density at radius 2 is 1.25 bits per heavy atom. The fourth-order valence-corrected chi connectivity index (χ4v) is 4.41. The molecule has 2 heteroatoms. The molecule has 1 saturated heterocycles. The van der Waals surface area contributed by atoms with Gasteiger partial charge < -0.3 is 0 Å². The number of rotatable bonds is 0. The van der Waals surface area contributed by atoms with Gasteiger partial charge in [0.15, 0.2) is 0 Å². The smallest absolute Gasteiger partial charge is 0.0999 e. The molecule has 2 N–H and O–H groups in total. The van der Waals surface area contributed by atoms with E-state index < -0.39 is 0 Å². The van der Waals surface area contributed by atoms with E-state index in [1.54, 1.807) is 6.42 Å². The van der Waals surface area contributed by atoms with E-state index in [9.17, 15) is 0 Å². The Morgan fingerprint density at radius 3 is 1.67 bits per heavy atom. The highest BCUT2D eigenvalue weighted by atomic mass is 15.7. The zero-order chi connectivity index (χ0) is 7.76. The van der Waals surface area contributed by atoms with E-state index in [1.807, 2.05) is 0 Å². The molecule has 4 bridgehead atoms. The van der Waals surface area contributed by atoms with Crippen molar-refractivity contribution < 1.29 is 0 Å². The first-order chi connectivity index (χ1) is 5.87. The summed E-state index contributed by atoms with van der Waals surface area (Å²) in [5, 5.41) is 0. The Kier molecular flexibility index (Phi) is 0.921. The van der Waals surface area contributed by atoms with Gasteiger partial charge in [-0.05, 0) is 55.8 Å². The molecule has 1 spiro atoms. The third-order valence-electron chi connectivity index (χ3n) is 4.84. The van der Waals surface area contributed by atoms with Gasteiger partial charge in [-0.2, -0.15) is 0 Å². The summed E-state index contributed by atoms with van der Waals surface area (Å²) in [6.07, 6.45) is 7.59. The monoisotopic (exact) mass is 164 g/mol. The lowest BCUT2D eigenvalue weighted by atomic mass is 9.53. The fraction of sp³-hybridized carbons (Fsp3) is 1.00. The summed E-state index contributed by atoms with van der Waals surface area (Å²) < 4.78 is 0. The summed E-state index contributed by atoms with van der Waals surface area (Å²) in [5.41, 5.74) is 7.34. The fourth-order valence-electron chi connectivity index (χ4n) is 4.41. The minimum absolute atomic E-state index is 0.452. The van der Waals surface area contributed by atoms with Crippen molar-refractivity contribution in [3.63, 3.8) is 0 Å². The van der Waals surface area contributed by atoms with Crippen LogP contribution in [0, 0.1) is 23.7 Å². The lowest BCUT2D eigenvalue weighted by Crippen LogP contribution is -2.53. The van der Waals surface area contributed by atoms with Crippen LogP contribution < -0.4 is 10.9 Å². The first-order valence-electron chi connectivity index (χ1n) is 5.41. The topological polar surface area (TPSA) is 43.9 Å². The molecule has 5 fully saturated rings. The number of hydrazine groups is 1. The third-order valence-corrected chi connectivity index (χ3v) is 4.84. The van der Waals surface area contributed by atoms with E-state index in [-0.39, 0.29) is 0 Å². The van der Waals surface area contributed by atoms with Gasteiger partial charge in [-0.3, -0.25) is 0 Å². The van der Waals surface area contributed by atoms with Gasteiger partial charge in [0.05, 0.1) is 5.66 Å². The summed E-state index contributed by atoms with van der Waals surface area (Å²) >= 11 is 0. The van der Waals surface area contributed by atoms with Crippen LogP contribution in [0.2, 0.25) is 0 Å². The van der Waals surface area contributed by atoms with Crippen molar-refractivity contribution in [2.24, 2.45) is 23.7 Å². The second-order valence-electron chi connectivity index (χ2n) is 5.42. The lowest BCUT2D eigenvalue weighted by molar-refractivity contribution is -0.0199. The van der Waals surface area contributed by atoms with Crippen molar-refractivity contribution in [1.29, 1.82) is 0 Å². The molecular formula is C10H16N2. The Bertz CT molecular complexity index is 202.